The number of nitrogens with one attached hydrogen (secondary N) is 2. The topological polar surface area (TPSA) is 94.9 Å². The Morgan fingerprint density at radius 3 is 2.75 bits per heavy atom. The molecule has 0 amide bonds. The van der Waals surface area contributed by atoms with Crippen molar-refractivity contribution in [2.24, 2.45) is 5.73 Å². The van der Waals surface area contributed by atoms with Crippen LogP contribution in [0.2, 0.25) is 0 Å². The quantitative estimate of drug-likeness (QED) is 0.600. The van der Waals surface area contributed by atoms with Gasteiger partial charge in [0, 0.05) is 11.8 Å². The average molecular weight is 219 g/mol. The normalized spacial score (nSPS) is 12.6. The molecule has 0 radical (unpaired) electrons. The van der Waals surface area contributed by atoms with E-state index >= 15 is 0 Å². The van der Waals surface area contributed by atoms with Crippen LogP contribution in [0, 0.1) is 0 Å². The second kappa shape index (κ2) is 4.34. The number of rotatable bonds is 3. The molecule has 5 N–H and O–H groups in total. The molecule has 1 unspecified atom stereocenters. The van der Waals surface area contributed by atoms with Crippen LogP contribution in [-0.2, 0) is 0 Å². The molecule has 0 bridgehead atoms. The second-order valence-corrected chi connectivity index (χ2v) is 3.53. The lowest BCUT2D eigenvalue weighted by atomic mass is 9.99. The SMILES string of the molecule is NC(CO)c1ccccc1-c1c[nH]c(=O)[nH]1. The summed E-state index contributed by atoms with van der Waals surface area (Å²) in [5.74, 6) is 0. The molecule has 5 nitrogen and oxygen atoms in total. The monoisotopic (exact) mass is 219 g/mol. The first-order chi connectivity index (χ1) is 7.72. The summed E-state index contributed by atoms with van der Waals surface area (Å²) in [6.07, 6.45) is 1.59. The number of benzene rings is 1. The summed E-state index contributed by atoms with van der Waals surface area (Å²) in [5.41, 5.74) is 7.82. The highest BCUT2D eigenvalue weighted by molar-refractivity contribution is 5.63. The van der Waals surface area contributed by atoms with Gasteiger partial charge in [-0.25, -0.2) is 4.79 Å². The number of hydrogen-bond acceptors (Lipinski definition) is 3. The number of imidazole rings is 1. The van der Waals surface area contributed by atoms with E-state index in [-0.39, 0.29) is 12.3 Å². The summed E-state index contributed by atoms with van der Waals surface area (Å²) >= 11 is 0. The van der Waals surface area contributed by atoms with Gasteiger partial charge in [0.25, 0.3) is 0 Å². The van der Waals surface area contributed by atoms with Crippen LogP contribution in [0.1, 0.15) is 11.6 Å². The zero-order valence-electron chi connectivity index (χ0n) is 8.60. The molecule has 0 spiro atoms. The van der Waals surface area contributed by atoms with E-state index in [1.54, 1.807) is 6.20 Å². The molecule has 2 rings (SSSR count). The van der Waals surface area contributed by atoms with Crippen LogP contribution in [0.5, 0.6) is 0 Å². The van der Waals surface area contributed by atoms with Crippen molar-refractivity contribution in [1.29, 1.82) is 0 Å². The molecule has 1 aromatic carbocycles. The number of nitrogens with two attached hydrogens (primary N) is 1. The second-order valence-electron chi connectivity index (χ2n) is 3.53. The Morgan fingerprint density at radius 2 is 2.12 bits per heavy atom. The standard InChI is InChI=1S/C11H13N3O2/c12-9(6-15)7-3-1-2-4-8(7)10-5-13-11(16)14-10/h1-5,9,15H,6,12H2,(H2,13,14,16). The van der Waals surface area contributed by atoms with E-state index in [2.05, 4.69) is 9.97 Å². The maximum atomic E-state index is 11.0. The molecule has 0 fully saturated rings. The molecular formula is C11H13N3O2. The lowest BCUT2D eigenvalue weighted by Gasteiger charge is -2.12. The summed E-state index contributed by atoms with van der Waals surface area (Å²) in [6.45, 7) is -0.133. The van der Waals surface area contributed by atoms with Crippen molar-refractivity contribution in [3.8, 4) is 11.3 Å². The van der Waals surface area contributed by atoms with E-state index in [0.717, 1.165) is 11.1 Å². The third-order valence-electron chi connectivity index (χ3n) is 2.44. The van der Waals surface area contributed by atoms with Crippen molar-refractivity contribution >= 4 is 0 Å². The van der Waals surface area contributed by atoms with E-state index < -0.39 is 6.04 Å². The third-order valence-corrected chi connectivity index (χ3v) is 2.44. The van der Waals surface area contributed by atoms with Gasteiger partial charge in [0.05, 0.1) is 18.3 Å². The Kier molecular flexibility index (Phi) is 2.89. The Balaban J connectivity index is 2.52. The lowest BCUT2D eigenvalue weighted by Crippen LogP contribution is -2.15. The first kappa shape index (κ1) is 10.7. The van der Waals surface area contributed by atoms with E-state index in [4.69, 9.17) is 10.8 Å². The summed E-state index contributed by atoms with van der Waals surface area (Å²) in [6, 6.07) is 6.94. The van der Waals surface area contributed by atoms with Crippen molar-refractivity contribution in [2.75, 3.05) is 6.61 Å². The minimum Gasteiger partial charge on any atom is -0.394 e. The number of H-pyrrole nitrogens is 2. The van der Waals surface area contributed by atoms with Crippen LogP contribution < -0.4 is 11.4 Å². The predicted octanol–water partition coefficient (Wildman–Crippen LogP) is 0.362. The Bertz CT molecular complexity index is 530. The molecule has 0 aliphatic carbocycles. The molecule has 0 saturated carbocycles. The van der Waals surface area contributed by atoms with Crippen molar-refractivity contribution in [1.82, 2.24) is 9.97 Å². The van der Waals surface area contributed by atoms with Gasteiger partial charge in [-0.05, 0) is 5.56 Å². The molecule has 0 aliphatic rings. The maximum Gasteiger partial charge on any atom is 0.323 e. The van der Waals surface area contributed by atoms with Gasteiger partial charge >= 0.3 is 5.69 Å². The zero-order chi connectivity index (χ0) is 11.5. The number of aliphatic hydroxyl groups excluding tert-OH is 1. The van der Waals surface area contributed by atoms with Crippen LogP contribution in [0.4, 0.5) is 0 Å². The first-order valence-electron chi connectivity index (χ1n) is 4.96. The fourth-order valence-corrected chi connectivity index (χ4v) is 1.64. The third kappa shape index (κ3) is 1.91. The van der Waals surface area contributed by atoms with Crippen LogP contribution >= 0.6 is 0 Å². The van der Waals surface area contributed by atoms with Crippen molar-refractivity contribution in [3.63, 3.8) is 0 Å². The zero-order valence-corrected chi connectivity index (χ0v) is 8.60. The van der Waals surface area contributed by atoms with Crippen LogP contribution in [0.3, 0.4) is 0 Å². The lowest BCUT2D eigenvalue weighted by molar-refractivity contribution is 0.268. The first-order valence-corrected chi connectivity index (χ1v) is 4.96. The van der Waals surface area contributed by atoms with Crippen molar-refractivity contribution in [3.05, 3.63) is 46.5 Å². The molecule has 1 aromatic heterocycles. The fourth-order valence-electron chi connectivity index (χ4n) is 1.64. The van der Waals surface area contributed by atoms with E-state index in [1.807, 2.05) is 24.3 Å². The molecule has 16 heavy (non-hydrogen) atoms. The van der Waals surface area contributed by atoms with Crippen LogP contribution in [0.15, 0.2) is 35.3 Å². The van der Waals surface area contributed by atoms with Crippen molar-refractivity contribution < 1.29 is 5.11 Å². The van der Waals surface area contributed by atoms with E-state index in [1.165, 1.54) is 0 Å². The number of aromatic amines is 2. The molecule has 5 heteroatoms. The summed E-state index contributed by atoms with van der Waals surface area (Å²) < 4.78 is 0. The number of hydrogen-bond donors (Lipinski definition) is 4. The van der Waals surface area contributed by atoms with E-state index in [9.17, 15) is 4.79 Å². The highest BCUT2D eigenvalue weighted by atomic mass is 16.3. The number of aromatic nitrogens is 2. The minimum atomic E-state index is -0.449. The fraction of sp³-hybridized carbons (Fsp3) is 0.182. The van der Waals surface area contributed by atoms with Gasteiger partial charge < -0.3 is 20.8 Å². The maximum absolute atomic E-state index is 11.0. The summed E-state index contributed by atoms with van der Waals surface area (Å²) in [4.78, 5) is 16.2. The highest BCUT2D eigenvalue weighted by Crippen LogP contribution is 2.24. The number of aliphatic hydroxyl groups is 1. The Labute approximate surface area is 91.9 Å². The van der Waals surface area contributed by atoms with Gasteiger partial charge in [0.15, 0.2) is 0 Å². The Morgan fingerprint density at radius 1 is 1.38 bits per heavy atom. The van der Waals surface area contributed by atoms with Gasteiger partial charge in [0.1, 0.15) is 0 Å². The van der Waals surface area contributed by atoms with Gasteiger partial charge in [0.2, 0.25) is 0 Å². The van der Waals surface area contributed by atoms with E-state index in [0.29, 0.717) is 5.69 Å². The Hall–Kier alpha value is -1.85. The van der Waals surface area contributed by atoms with Crippen molar-refractivity contribution in [2.45, 2.75) is 6.04 Å². The molecule has 0 saturated heterocycles. The molecule has 1 heterocycles. The van der Waals surface area contributed by atoms with Crippen LogP contribution in [-0.4, -0.2) is 21.7 Å². The van der Waals surface area contributed by atoms with Gasteiger partial charge in [-0.3, -0.25) is 0 Å². The van der Waals surface area contributed by atoms with Gasteiger partial charge in [-0.2, -0.15) is 0 Å². The summed E-state index contributed by atoms with van der Waals surface area (Å²) in [7, 11) is 0. The van der Waals surface area contributed by atoms with Gasteiger partial charge in [-0.1, -0.05) is 24.3 Å². The summed E-state index contributed by atoms with van der Waals surface area (Å²) in [5, 5.41) is 9.06. The molecule has 2 aromatic rings. The smallest absolute Gasteiger partial charge is 0.323 e. The average Bonchev–Trinajstić information content (AvgIpc) is 2.75. The molecule has 1 atom stereocenters. The minimum absolute atomic E-state index is 0.133. The molecular weight excluding hydrogens is 206 g/mol. The highest BCUT2D eigenvalue weighted by Gasteiger charge is 2.11. The van der Waals surface area contributed by atoms with Gasteiger partial charge in [-0.15, -0.1) is 0 Å². The molecule has 0 aliphatic heterocycles. The largest absolute Gasteiger partial charge is 0.394 e. The predicted molar refractivity (Wildman–Crippen MR) is 60.9 cm³/mol. The van der Waals surface area contributed by atoms with Crippen LogP contribution in [0.25, 0.3) is 11.3 Å². The molecule has 84 valence electrons.